The van der Waals surface area contributed by atoms with E-state index in [0.29, 0.717) is 24.8 Å². The number of carbonyl (C=O) groups excluding carboxylic acids is 7. The Kier molecular flexibility index (Phi) is 40.9. The number of ether oxygens (including phenoxy) is 6. The van der Waals surface area contributed by atoms with Crippen LogP contribution < -0.4 is 5.32 Å². The molecule has 0 aromatic heterocycles. The normalized spacial score (nSPS) is 18.8. The van der Waals surface area contributed by atoms with Crippen LogP contribution in [0, 0.1) is 11.3 Å². The SMILES string of the molecule is CCCCCCCCCCCCCCCCCC(=O)NC(COP(OCCC#N)OC1[C@H](OC(C)=O)[C@H](OC(C)=O)C(OC(C)=O)[C@H](OC(C)=O)[C@H]1OC(C)=O)C(CCCCCCCCCCCCCCC)OC(=O)c1ccccc1. The van der Waals surface area contributed by atoms with E-state index >= 15 is 0 Å². The zero-order valence-corrected chi connectivity index (χ0v) is 51.2. The molecule has 2 rings (SSSR count). The van der Waals surface area contributed by atoms with Gasteiger partial charge in [0, 0.05) is 41.0 Å². The second-order valence-corrected chi connectivity index (χ2v) is 22.6. The molecular formula is C62H101N2O16P. The van der Waals surface area contributed by atoms with Crippen molar-refractivity contribution in [2.75, 3.05) is 13.2 Å². The van der Waals surface area contributed by atoms with E-state index in [1.165, 1.54) is 116 Å². The summed E-state index contributed by atoms with van der Waals surface area (Å²) in [5, 5.41) is 12.7. The molecule has 0 aliphatic heterocycles. The Balaban J connectivity index is 2.46. The molecule has 0 saturated heterocycles. The monoisotopic (exact) mass is 1160 g/mol. The van der Waals surface area contributed by atoms with Gasteiger partial charge in [-0.2, -0.15) is 5.26 Å². The van der Waals surface area contributed by atoms with E-state index in [0.717, 1.165) is 86.0 Å². The van der Waals surface area contributed by atoms with Crippen molar-refractivity contribution in [1.82, 2.24) is 5.32 Å². The summed E-state index contributed by atoms with van der Waals surface area (Å²) in [4.78, 5) is 91.6. The molecule has 1 saturated carbocycles. The molecule has 1 aliphatic rings. The fraction of sp³-hybridized carbons (Fsp3) is 0.774. The van der Waals surface area contributed by atoms with Gasteiger partial charge < -0.3 is 47.3 Å². The number of hydrogen-bond acceptors (Lipinski definition) is 17. The molecule has 1 N–H and O–H groups in total. The molecule has 1 fully saturated rings. The fourth-order valence-electron chi connectivity index (χ4n) is 10.0. The molecule has 460 valence electrons. The van der Waals surface area contributed by atoms with Gasteiger partial charge in [-0.1, -0.05) is 199 Å². The summed E-state index contributed by atoms with van der Waals surface area (Å²) in [7, 11) is -2.73. The van der Waals surface area contributed by atoms with E-state index in [1.807, 2.05) is 6.07 Å². The van der Waals surface area contributed by atoms with E-state index in [9.17, 15) is 38.8 Å². The first-order valence-corrected chi connectivity index (χ1v) is 31.7. The summed E-state index contributed by atoms with van der Waals surface area (Å²) in [5.74, 6) is -5.45. The molecule has 9 atom stereocenters. The van der Waals surface area contributed by atoms with Crippen LogP contribution >= 0.6 is 8.60 Å². The van der Waals surface area contributed by atoms with Crippen LogP contribution in [0.25, 0.3) is 0 Å². The van der Waals surface area contributed by atoms with Gasteiger partial charge in [0.2, 0.25) is 5.91 Å². The zero-order valence-electron chi connectivity index (χ0n) is 50.3. The Morgan fingerprint density at radius 2 is 0.852 bits per heavy atom. The Hall–Kier alpha value is -4.69. The first-order chi connectivity index (χ1) is 39.1. The maximum atomic E-state index is 14.0. The van der Waals surface area contributed by atoms with Crippen molar-refractivity contribution in [3.05, 3.63) is 35.9 Å². The average Bonchev–Trinajstić information content (AvgIpc) is 3.59. The molecule has 1 aromatic carbocycles. The van der Waals surface area contributed by atoms with Crippen molar-refractivity contribution in [3.63, 3.8) is 0 Å². The number of unbranched alkanes of at least 4 members (excludes halogenated alkanes) is 26. The number of nitrogens with one attached hydrogen (secondary N) is 1. The number of amides is 1. The molecular weight excluding hydrogens is 1060 g/mol. The number of hydrogen-bond donors (Lipinski definition) is 1. The molecule has 0 bridgehead atoms. The highest BCUT2D eigenvalue weighted by molar-refractivity contribution is 7.41. The highest BCUT2D eigenvalue weighted by Gasteiger charge is 2.60. The van der Waals surface area contributed by atoms with Crippen molar-refractivity contribution in [2.45, 2.75) is 296 Å². The van der Waals surface area contributed by atoms with Gasteiger partial charge in [-0.25, -0.2) is 4.79 Å². The molecule has 1 aliphatic carbocycles. The summed E-state index contributed by atoms with van der Waals surface area (Å²) >= 11 is 0. The minimum absolute atomic E-state index is 0.145. The minimum atomic E-state index is -2.73. The van der Waals surface area contributed by atoms with Gasteiger partial charge in [0.1, 0.15) is 12.2 Å². The standard InChI is InChI=1S/C62H101N2O16P/c1-8-10-12-14-16-18-20-22-23-25-27-29-31-33-38-43-55(70)64-53(54(79-62(71)52-40-35-34-36-41-52)42-37-32-30-28-26-24-21-19-17-15-13-11-9-2)46-73-81(72-45-39-44-63)80-61-59(77-50(6)68)57(75-48(4)66)56(74-47(3)65)58(76-49(5)67)60(61)78-51(7)69/h34-36,40-41,53-54,56-61H,8-33,37-39,42-43,45-46H2,1-7H3,(H,64,70)/t53?,54?,56?,57-,58+,59-,60-,61?,81?/m1/s1. The van der Waals surface area contributed by atoms with Gasteiger partial charge in [0.05, 0.1) is 37.3 Å². The van der Waals surface area contributed by atoms with Gasteiger partial charge >= 0.3 is 44.4 Å². The van der Waals surface area contributed by atoms with Crippen LogP contribution in [-0.2, 0) is 70.8 Å². The molecule has 18 nitrogen and oxygen atoms in total. The summed E-state index contributed by atoms with van der Waals surface area (Å²) in [6, 6.07) is 9.53. The Morgan fingerprint density at radius 3 is 1.22 bits per heavy atom. The second-order valence-electron chi connectivity index (χ2n) is 21.4. The highest BCUT2D eigenvalue weighted by atomic mass is 31.2. The van der Waals surface area contributed by atoms with Crippen molar-refractivity contribution < 1.29 is 75.6 Å². The third kappa shape index (κ3) is 33.9. The van der Waals surface area contributed by atoms with Crippen molar-refractivity contribution in [2.24, 2.45) is 0 Å². The summed E-state index contributed by atoms with van der Waals surface area (Å²) < 4.78 is 53.4. The number of benzene rings is 1. The number of nitrogens with zero attached hydrogens (tertiary/aromatic N) is 1. The lowest BCUT2D eigenvalue weighted by atomic mass is 9.83. The molecule has 81 heavy (non-hydrogen) atoms. The third-order valence-electron chi connectivity index (χ3n) is 14.1. The lowest BCUT2D eigenvalue weighted by Gasteiger charge is -2.47. The Bertz CT molecular complexity index is 1910. The van der Waals surface area contributed by atoms with Crippen molar-refractivity contribution in [3.8, 4) is 6.07 Å². The van der Waals surface area contributed by atoms with Crippen LogP contribution in [0.2, 0.25) is 0 Å². The van der Waals surface area contributed by atoms with Gasteiger partial charge in [-0.15, -0.1) is 0 Å². The van der Waals surface area contributed by atoms with Gasteiger partial charge in [-0.3, -0.25) is 28.8 Å². The van der Waals surface area contributed by atoms with Gasteiger partial charge in [-0.05, 0) is 31.4 Å². The fourth-order valence-corrected chi connectivity index (χ4v) is 11.2. The number of rotatable bonds is 47. The highest BCUT2D eigenvalue weighted by Crippen LogP contribution is 2.47. The second kappa shape index (κ2) is 45.8. The predicted octanol–water partition coefficient (Wildman–Crippen LogP) is 13.7. The molecule has 0 heterocycles. The van der Waals surface area contributed by atoms with Crippen molar-refractivity contribution in [1.29, 1.82) is 5.26 Å². The molecule has 0 radical (unpaired) electrons. The van der Waals surface area contributed by atoms with Crippen LogP contribution in [-0.4, -0.2) is 104 Å². The topological polar surface area (TPSA) is 238 Å². The minimum Gasteiger partial charge on any atom is -0.456 e. The number of nitriles is 1. The largest absolute Gasteiger partial charge is 0.456 e. The number of esters is 6. The quantitative estimate of drug-likeness (QED) is 0.0276. The van der Waals surface area contributed by atoms with Gasteiger partial charge in [0.15, 0.2) is 30.5 Å². The van der Waals surface area contributed by atoms with Crippen LogP contribution in [0.15, 0.2) is 30.3 Å². The van der Waals surface area contributed by atoms with E-state index in [-0.39, 0.29) is 32.0 Å². The van der Waals surface area contributed by atoms with E-state index < -0.39 is 93.2 Å². The summed E-state index contributed by atoms with van der Waals surface area (Å²) in [6.45, 7) is 9.11. The van der Waals surface area contributed by atoms with E-state index in [4.69, 9.17) is 42.0 Å². The first kappa shape index (κ1) is 72.4. The maximum absolute atomic E-state index is 14.0. The molecule has 1 aromatic rings. The Morgan fingerprint density at radius 1 is 0.494 bits per heavy atom. The maximum Gasteiger partial charge on any atom is 0.338 e. The third-order valence-corrected chi connectivity index (χ3v) is 15.3. The summed E-state index contributed by atoms with van der Waals surface area (Å²) in [5.41, 5.74) is 0.309. The van der Waals surface area contributed by atoms with Crippen LogP contribution in [0.1, 0.15) is 258 Å². The molecule has 5 unspecified atom stereocenters. The van der Waals surface area contributed by atoms with Gasteiger partial charge in [0.25, 0.3) is 0 Å². The Labute approximate surface area is 486 Å². The molecule has 0 spiro atoms. The summed E-state index contributed by atoms with van der Waals surface area (Å²) in [6.07, 6.45) is 21.6. The smallest absolute Gasteiger partial charge is 0.338 e. The number of carbonyl (C=O) groups is 7. The van der Waals surface area contributed by atoms with Crippen LogP contribution in [0.4, 0.5) is 0 Å². The molecule has 19 heteroatoms. The van der Waals surface area contributed by atoms with E-state index in [2.05, 4.69) is 19.2 Å². The zero-order chi connectivity index (χ0) is 59.5. The van der Waals surface area contributed by atoms with Crippen LogP contribution in [0.3, 0.4) is 0 Å². The average molecular weight is 1160 g/mol. The molecule has 1 amide bonds. The lowest BCUT2D eigenvalue weighted by molar-refractivity contribution is -0.252. The first-order valence-electron chi connectivity index (χ1n) is 30.6. The van der Waals surface area contributed by atoms with Crippen LogP contribution in [0.5, 0.6) is 0 Å². The van der Waals surface area contributed by atoms with Crippen molar-refractivity contribution >= 4 is 50.3 Å². The van der Waals surface area contributed by atoms with E-state index in [1.54, 1.807) is 30.3 Å². The predicted molar refractivity (Wildman–Crippen MR) is 309 cm³/mol. The lowest BCUT2D eigenvalue weighted by Crippen LogP contribution is -2.68.